The second-order valence-electron chi connectivity index (χ2n) is 11.0. The zero-order valence-corrected chi connectivity index (χ0v) is 23.4. The molecule has 3 nitrogen and oxygen atoms in total. The van der Waals surface area contributed by atoms with Crippen LogP contribution in [0, 0.1) is 5.92 Å². The van der Waals surface area contributed by atoms with E-state index in [0.29, 0.717) is 13.0 Å². The lowest BCUT2D eigenvalue weighted by Gasteiger charge is -2.05. The molecule has 0 spiro atoms. The van der Waals surface area contributed by atoms with E-state index >= 15 is 0 Å². The van der Waals surface area contributed by atoms with Crippen LogP contribution in [0.1, 0.15) is 161 Å². The molecule has 202 valence electrons. The van der Waals surface area contributed by atoms with Crippen molar-refractivity contribution in [3.05, 3.63) is 30.1 Å². The number of ether oxygens (including phenoxy) is 1. The van der Waals surface area contributed by atoms with E-state index in [9.17, 15) is 4.79 Å². The van der Waals surface area contributed by atoms with Crippen LogP contribution in [0.5, 0.6) is 0 Å². The van der Waals surface area contributed by atoms with E-state index < -0.39 is 0 Å². The van der Waals surface area contributed by atoms with Crippen LogP contribution in [0.2, 0.25) is 0 Å². The Morgan fingerprint density at radius 2 is 1.11 bits per heavy atom. The van der Waals surface area contributed by atoms with Crippen LogP contribution in [0.3, 0.4) is 0 Å². The maximum Gasteiger partial charge on any atom is 0.306 e. The lowest BCUT2D eigenvalue weighted by atomic mass is 10.0. The summed E-state index contributed by atoms with van der Waals surface area (Å²) in [6, 6.07) is 3.79. The molecule has 1 aromatic heterocycles. The van der Waals surface area contributed by atoms with Crippen LogP contribution in [0.25, 0.3) is 0 Å². The average Bonchev–Trinajstić information content (AvgIpc) is 2.86. The molecule has 0 aliphatic carbocycles. The SMILES string of the molecule is CC(C)CCCCCCCCCCCCCCCCCCCCCCC(=O)OCc1cccnc1. The van der Waals surface area contributed by atoms with Gasteiger partial charge in [0.15, 0.2) is 0 Å². The number of carbonyl (C=O) groups excluding carboxylic acids is 1. The zero-order valence-electron chi connectivity index (χ0n) is 23.4. The fourth-order valence-electron chi connectivity index (χ4n) is 4.72. The fourth-order valence-corrected chi connectivity index (χ4v) is 4.72. The van der Waals surface area contributed by atoms with E-state index in [4.69, 9.17) is 4.74 Å². The highest BCUT2D eigenvalue weighted by Crippen LogP contribution is 2.16. The summed E-state index contributed by atoms with van der Waals surface area (Å²) in [6.07, 6.45) is 33.0. The molecule has 1 rings (SSSR count). The average molecular weight is 488 g/mol. The third-order valence-electron chi connectivity index (χ3n) is 7.03. The summed E-state index contributed by atoms with van der Waals surface area (Å²) in [5.41, 5.74) is 0.949. The number of pyridine rings is 1. The van der Waals surface area contributed by atoms with Crippen molar-refractivity contribution < 1.29 is 9.53 Å². The Bertz CT molecular complexity index is 572. The van der Waals surface area contributed by atoms with Gasteiger partial charge in [-0.3, -0.25) is 9.78 Å². The van der Waals surface area contributed by atoms with Gasteiger partial charge in [0.1, 0.15) is 6.61 Å². The van der Waals surface area contributed by atoms with Gasteiger partial charge >= 0.3 is 5.97 Å². The highest BCUT2D eigenvalue weighted by molar-refractivity contribution is 5.69. The minimum atomic E-state index is -0.0863. The minimum Gasteiger partial charge on any atom is -0.461 e. The molecule has 1 aromatic rings. The van der Waals surface area contributed by atoms with Crippen molar-refractivity contribution in [3.63, 3.8) is 0 Å². The molecule has 0 fully saturated rings. The van der Waals surface area contributed by atoms with E-state index in [2.05, 4.69) is 18.8 Å². The third-order valence-corrected chi connectivity index (χ3v) is 7.03. The molecule has 35 heavy (non-hydrogen) atoms. The van der Waals surface area contributed by atoms with Crippen LogP contribution in [0.15, 0.2) is 24.5 Å². The Morgan fingerprint density at radius 1 is 0.686 bits per heavy atom. The Hall–Kier alpha value is -1.38. The number of unbranched alkanes of at least 4 members (excludes halogenated alkanes) is 19. The first-order valence-corrected chi connectivity index (χ1v) is 15.2. The van der Waals surface area contributed by atoms with Crippen LogP contribution in [0.4, 0.5) is 0 Å². The van der Waals surface area contributed by atoms with Crippen molar-refractivity contribution in [1.82, 2.24) is 4.98 Å². The summed E-state index contributed by atoms with van der Waals surface area (Å²) in [7, 11) is 0. The van der Waals surface area contributed by atoms with Gasteiger partial charge in [-0.2, -0.15) is 0 Å². The number of rotatable bonds is 25. The van der Waals surface area contributed by atoms with E-state index in [-0.39, 0.29) is 5.97 Å². The first-order chi connectivity index (χ1) is 17.2. The number of carbonyl (C=O) groups is 1. The highest BCUT2D eigenvalue weighted by atomic mass is 16.5. The quantitative estimate of drug-likeness (QED) is 0.102. The number of nitrogens with zero attached hydrogens (tertiary/aromatic N) is 1. The first kappa shape index (κ1) is 31.6. The molecule has 1 heterocycles. The number of aromatic nitrogens is 1. The molecule has 3 heteroatoms. The van der Waals surface area contributed by atoms with Gasteiger partial charge < -0.3 is 4.74 Å². The summed E-state index contributed by atoms with van der Waals surface area (Å²) in [4.78, 5) is 15.8. The fraction of sp³-hybridized carbons (Fsp3) is 0.812. The molecular weight excluding hydrogens is 430 g/mol. The Balaban J connectivity index is 1.69. The van der Waals surface area contributed by atoms with Gasteiger partial charge in [0.2, 0.25) is 0 Å². The van der Waals surface area contributed by atoms with Crippen LogP contribution in [-0.2, 0) is 16.1 Å². The molecule has 0 radical (unpaired) electrons. The summed E-state index contributed by atoms with van der Waals surface area (Å²) < 4.78 is 5.30. The Morgan fingerprint density at radius 3 is 1.51 bits per heavy atom. The van der Waals surface area contributed by atoms with Gasteiger partial charge in [-0.15, -0.1) is 0 Å². The van der Waals surface area contributed by atoms with Crippen molar-refractivity contribution in [1.29, 1.82) is 0 Å². The lowest BCUT2D eigenvalue weighted by Crippen LogP contribution is -2.04. The molecule has 0 atom stereocenters. The van der Waals surface area contributed by atoms with Crippen LogP contribution < -0.4 is 0 Å². The zero-order chi connectivity index (χ0) is 25.2. The molecule has 0 bridgehead atoms. The molecule has 0 unspecified atom stereocenters. The molecule has 0 aliphatic heterocycles. The summed E-state index contributed by atoms with van der Waals surface area (Å²) in [5, 5.41) is 0. The van der Waals surface area contributed by atoms with Crippen molar-refractivity contribution in [2.24, 2.45) is 5.92 Å². The lowest BCUT2D eigenvalue weighted by molar-refractivity contribution is -0.145. The smallest absolute Gasteiger partial charge is 0.306 e. The van der Waals surface area contributed by atoms with Crippen molar-refractivity contribution in [2.75, 3.05) is 0 Å². The maximum atomic E-state index is 11.8. The molecule has 0 aliphatic rings. The van der Waals surface area contributed by atoms with Gasteiger partial charge in [-0.25, -0.2) is 0 Å². The number of hydrogen-bond donors (Lipinski definition) is 0. The summed E-state index contributed by atoms with van der Waals surface area (Å²) >= 11 is 0. The molecule has 0 saturated carbocycles. The molecule has 0 amide bonds. The van der Waals surface area contributed by atoms with E-state index in [1.54, 1.807) is 12.4 Å². The van der Waals surface area contributed by atoms with Crippen molar-refractivity contribution >= 4 is 5.97 Å². The van der Waals surface area contributed by atoms with Gasteiger partial charge in [-0.1, -0.05) is 148 Å². The number of esters is 1. The molecule has 0 saturated heterocycles. The van der Waals surface area contributed by atoms with Crippen LogP contribution in [-0.4, -0.2) is 11.0 Å². The highest BCUT2D eigenvalue weighted by Gasteiger charge is 2.03. The van der Waals surface area contributed by atoms with Gasteiger partial charge in [0.25, 0.3) is 0 Å². The predicted octanol–water partition coefficient (Wildman–Crippen LogP) is 10.4. The Kier molecular flexibility index (Phi) is 22.0. The van der Waals surface area contributed by atoms with Gasteiger partial charge in [-0.05, 0) is 18.4 Å². The van der Waals surface area contributed by atoms with Gasteiger partial charge in [0, 0.05) is 24.4 Å². The molecular formula is C32H57NO2. The number of hydrogen-bond acceptors (Lipinski definition) is 3. The van der Waals surface area contributed by atoms with Crippen molar-refractivity contribution in [2.45, 2.75) is 162 Å². The first-order valence-electron chi connectivity index (χ1n) is 15.2. The normalized spacial score (nSPS) is 11.3. The predicted molar refractivity (Wildman–Crippen MR) is 150 cm³/mol. The molecule has 0 N–H and O–H groups in total. The maximum absolute atomic E-state index is 11.8. The van der Waals surface area contributed by atoms with E-state index in [1.807, 2.05) is 12.1 Å². The van der Waals surface area contributed by atoms with Crippen molar-refractivity contribution in [3.8, 4) is 0 Å². The Labute approximate surface area is 218 Å². The molecule has 0 aromatic carbocycles. The minimum absolute atomic E-state index is 0.0863. The van der Waals surface area contributed by atoms with Crippen LogP contribution >= 0.6 is 0 Å². The van der Waals surface area contributed by atoms with Gasteiger partial charge in [0.05, 0.1) is 0 Å². The summed E-state index contributed by atoms with van der Waals surface area (Å²) in [6.45, 7) is 5.01. The largest absolute Gasteiger partial charge is 0.461 e. The summed E-state index contributed by atoms with van der Waals surface area (Å²) in [5.74, 6) is 0.794. The van der Waals surface area contributed by atoms with E-state index in [0.717, 1.165) is 24.3 Å². The third kappa shape index (κ3) is 22.8. The standard InChI is InChI=1S/C32H57NO2/c1-30(2)24-21-19-17-15-13-11-9-7-5-3-4-6-8-10-12-14-16-18-20-22-26-32(34)35-29-31-25-23-27-33-28-31/h23,25,27-28,30H,3-22,24,26,29H2,1-2H3. The monoisotopic (exact) mass is 487 g/mol. The second kappa shape index (κ2) is 24.3. The topological polar surface area (TPSA) is 39.2 Å². The second-order valence-corrected chi connectivity index (χ2v) is 11.0. The van der Waals surface area contributed by atoms with E-state index in [1.165, 1.54) is 122 Å².